The number of carbonyl (C=O) groups is 3. The van der Waals surface area contributed by atoms with Crippen LogP contribution in [-0.2, 0) is 29.0 Å². The topological polar surface area (TPSA) is 150 Å². The van der Waals surface area contributed by atoms with E-state index in [2.05, 4.69) is 97.9 Å². The number of H-pyrrole nitrogens is 1. The maximum atomic E-state index is 15.1. The predicted octanol–water partition coefficient (Wildman–Crippen LogP) is 6.13. The molecule has 3 amide bonds. The van der Waals surface area contributed by atoms with E-state index >= 15 is 4.39 Å². The number of halogens is 1. The quantitative estimate of drug-likeness (QED) is 0.110. The number of rotatable bonds is 15. The molecule has 0 radical (unpaired) electrons. The van der Waals surface area contributed by atoms with Gasteiger partial charge in [-0.2, -0.15) is 5.10 Å². The molecule has 70 heavy (non-hydrogen) atoms. The molecule has 0 spiro atoms. The van der Waals surface area contributed by atoms with Crippen molar-refractivity contribution >= 4 is 40.0 Å². The molecule has 4 aromatic carbocycles. The van der Waals surface area contributed by atoms with Gasteiger partial charge in [0.05, 0.1) is 35.4 Å². The first kappa shape index (κ1) is 48.2. The van der Waals surface area contributed by atoms with Crippen molar-refractivity contribution in [3.63, 3.8) is 0 Å². The molecule has 3 fully saturated rings. The molecule has 3 aliphatic rings. The van der Waals surface area contributed by atoms with Gasteiger partial charge in [-0.15, -0.1) is 0 Å². The minimum atomic E-state index is -0.599. The van der Waals surface area contributed by atoms with Crippen molar-refractivity contribution in [2.24, 2.45) is 5.92 Å². The second-order valence-electron chi connectivity index (χ2n) is 19.0. The molecule has 0 saturated carbocycles. The SMILES string of the molecule is CCc1cccc(-c2cnc(N3CCC(CN4CCN(CC(=O)N5CCN(C(=O)c6cc(Cc7n[nH]c(=O)c8ccccc78)ccc6F)CC5)CC4)CC3)c(NC(=O)CNCc3cccc(C)c3)c2)c1. The number of nitrogens with one attached hydrogen (secondary N) is 3. The van der Waals surface area contributed by atoms with Crippen molar-refractivity contribution in [2.45, 2.75) is 46.1 Å². The minimum absolute atomic E-state index is 0.0148. The smallest absolute Gasteiger partial charge is 0.272 e. The molecular formula is C55H63FN10O4. The normalized spacial score (nSPS) is 16.2. The molecule has 5 heterocycles. The average molecular weight is 947 g/mol. The summed E-state index contributed by atoms with van der Waals surface area (Å²) < 4.78 is 15.1. The fourth-order valence-corrected chi connectivity index (χ4v) is 10.1. The number of aromatic nitrogens is 3. The van der Waals surface area contributed by atoms with Crippen molar-refractivity contribution in [1.82, 2.24) is 40.1 Å². The van der Waals surface area contributed by atoms with Gasteiger partial charge in [0.15, 0.2) is 5.82 Å². The Morgan fingerprint density at radius 3 is 2.24 bits per heavy atom. The van der Waals surface area contributed by atoms with E-state index in [1.165, 1.54) is 17.2 Å². The Hall–Kier alpha value is -6.81. The molecule has 3 N–H and O–H groups in total. The Balaban J connectivity index is 0.726. The van der Waals surface area contributed by atoms with E-state index in [9.17, 15) is 19.2 Å². The Morgan fingerprint density at radius 1 is 0.743 bits per heavy atom. The van der Waals surface area contributed by atoms with E-state index in [0.717, 1.165) is 93.3 Å². The van der Waals surface area contributed by atoms with Gasteiger partial charge in [0, 0.05) is 102 Å². The monoisotopic (exact) mass is 947 g/mol. The number of piperidine rings is 1. The molecule has 3 saturated heterocycles. The zero-order chi connectivity index (χ0) is 48.6. The van der Waals surface area contributed by atoms with Crippen LogP contribution in [0, 0.1) is 18.7 Å². The maximum absolute atomic E-state index is 15.1. The van der Waals surface area contributed by atoms with Gasteiger partial charge >= 0.3 is 0 Å². The molecule has 0 atom stereocenters. The third kappa shape index (κ3) is 11.8. The summed E-state index contributed by atoms with van der Waals surface area (Å²) in [6, 6.07) is 30.5. The first-order valence-electron chi connectivity index (χ1n) is 24.7. The summed E-state index contributed by atoms with van der Waals surface area (Å²) in [7, 11) is 0. The maximum Gasteiger partial charge on any atom is 0.272 e. The largest absolute Gasteiger partial charge is 0.355 e. The summed E-state index contributed by atoms with van der Waals surface area (Å²) in [5, 5.41) is 14.5. The summed E-state index contributed by atoms with van der Waals surface area (Å²) in [6.45, 7) is 12.9. The van der Waals surface area contributed by atoms with Gasteiger partial charge in [-0.25, -0.2) is 14.5 Å². The highest BCUT2D eigenvalue weighted by Gasteiger charge is 2.30. The van der Waals surface area contributed by atoms with Gasteiger partial charge in [-0.3, -0.25) is 24.1 Å². The highest BCUT2D eigenvalue weighted by Crippen LogP contribution is 2.33. The van der Waals surface area contributed by atoms with Crippen LogP contribution < -0.4 is 21.1 Å². The lowest BCUT2D eigenvalue weighted by Crippen LogP contribution is -2.55. The van der Waals surface area contributed by atoms with Crippen LogP contribution in [0.1, 0.15) is 58.1 Å². The summed E-state index contributed by atoms with van der Waals surface area (Å²) in [6.07, 6.45) is 5.22. The standard InChI is InChI=1S/C55H63FN10O4/c1-3-39-9-7-11-43(29-39)44-32-50(59-51(67)35-57-33-42-10-6-8-38(2)28-42)53(58-34-44)65-18-16-40(17-19-65)36-62-20-22-63(23-21-62)37-52(68)64-24-26-66(27-25-64)55(70)47-30-41(14-15-48(47)56)31-49-45-12-4-5-13-46(45)54(69)61-60-49/h4-15,28-30,32,34,40,57H,3,16-27,31,33,35-37H2,1-2H3,(H,59,67)(H,61,69). The molecule has 0 unspecified atom stereocenters. The number of hydrogen-bond donors (Lipinski definition) is 3. The zero-order valence-electron chi connectivity index (χ0n) is 40.3. The number of hydrogen-bond acceptors (Lipinski definition) is 10. The molecule has 6 aromatic rings. The van der Waals surface area contributed by atoms with Gasteiger partial charge in [0.2, 0.25) is 11.8 Å². The Morgan fingerprint density at radius 2 is 1.47 bits per heavy atom. The summed E-state index contributed by atoms with van der Waals surface area (Å²) in [5.74, 6) is 0.278. The molecule has 364 valence electrons. The minimum Gasteiger partial charge on any atom is -0.355 e. The first-order chi connectivity index (χ1) is 34.1. The number of aryl methyl sites for hydroxylation is 2. The van der Waals surface area contributed by atoms with Crippen molar-refractivity contribution in [3.05, 3.63) is 153 Å². The van der Waals surface area contributed by atoms with Gasteiger partial charge in [-0.05, 0) is 78.6 Å². The van der Waals surface area contributed by atoms with Crippen LogP contribution in [-0.4, -0.2) is 138 Å². The number of nitrogens with zero attached hydrogens (tertiary/aromatic N) is 7. The fourth-order valence-electron chi connectivity index (χ4n) is 10.1. The van der Waals surface area contributed by atoms with Crippen LogP contribution in [0.2, 0.25) is 0 Å². The van der Waals surface area contributed by atoms with Crippen LogP contribution >= 0.6 is 0 Å². The third-order valence-electron chi connectivity index (χ3n) is 14.1. The van der Waals surface area contributed by atoms with Crippen LogP contribution in [0.15, 0.2) is 108 Å². The van der Waals surface area contributed by atoms with Crippen LogP contribution in [0.5, 0.6) is 0 Å². The molecule has 0 aliphatic carbocycles. The molecule has 0 bridgehead atoms. The highest BCUT2D eigenvalue weighted by atomic mass is 19.1. The fraction of sp³-hybridized carbons (Fsp3) is 0.382. The molecular weight excluding hydrogens is 884 g/mol. The second-order valence-corrected chi connectivity index (χ2v) is 19.0. The van der Waals surface area contributed by atoms with Gasteiger partial charge < -0.3 is 30.2 Å². The molecule has 3 aliphatic heterocycles. The number of carbonyl (C=O) groups excluding carboxylic acids is 3. The first-order valence-corrected chi connectivity index (χ1v) is 24.7. The van der Waals surface area contributed by atoms with Gasteiger partial charge in [0.25, 0.3) is 11.5 Å². The lowest BCUT2D eigenvalue weighted by molar-refractivity contribution is -0.134. The summed E-state index contributed by atoms with van der Waals surface area (Å²) in [5.41, 5.74) is 7.39. The number of fused-ring (bicyclic) bond motifs is 1. The lowest BCUT2D eigenvalue weighted by atomic mass is 9.95. The van der Waals surface area contributed by atoms with Crippen molar-refractivity contribution in [1.29, 1.82) is 0 Å². The number of pyridine rings is 1. The van der Waals surface area contributed by atoms with Crippen molar-refractivity contribution < 1.29 is 18.8 Å². The number of amides is 3. The number of piperazine rings is 2. The molecule has 14 nitrogen and oxygen atoms in total. The number of aromatic amines is 1. The zero-order valence-corrected chi connectivity index (χ0v) is 40.3. The summed E-state index contributed by atoms with van der Waals surface area (Å²) in [4.78, 5) is 68.2. The second kappa shape index (κ2) is 22.3. The van der Waals surface area contributed by atoms with E-state index in [1.807, 2.05) is 29.3 Å². The molecule has 2 aromatic heterocycles. The third-order valence-corrected chi connectivity index (χ3v) is 14.1. The van der Waals surface area contributed by atoms with E-state index < -0.39 is 11.7 Å². The molecule has 9 rings (SSSR count). The van der Waals surface area contributed by atoms with E-state index in [-0.39, 0.29) is 29.5 Å². The number of anilines is 2. The van der Waals surface area contributed by atoms with Gasteiger partial charge in [0.1, 0.15) is 5.82 Å². The lowest BCUT2D eigenvalue weighted by Gasteiger charge is -2.40. The van der Waals surface area contributed by atoms with Crippen LogP contribution in [0.4, 0.5) is 15.9 Å². The highest BCUT2D eigenvalue weighted by molar-refractivity contribution is 5.96. The number of benzene rings is 4. The van der Waals surface area contributed by atoms with Crippen molar-refractivity contribution in [2.75, 3.05) is 95.3 Å². The van der Waals surface area contributed by atoms with E-state index in [4.69, 9.17) is 4.98 Å². The Bertz CT molecular complexity index is 2880. The van der Waals surface area contributed by atoms with E-state index in [0.29, 0.717) is 73.6 Å². The molecule has 15 heteroatoms. The van der Waals surface area contributed by atoms with Crippen LogP contribution in [0.3, 0.4) is 0 Å². The Kier molecular flexibility index (Phi) is 15.4. The predicted molar refractivity (Wildman–Crippen MR) is 272 cm³/mol. The van der Waals surface area contributed by atoms with Gasteiger partial charge in [-0.1, -0.05) is 85.3 Å². The average Bonchev–Trinajstić information content (AvgIpc) is 3.38. The summed E-state index contributed by atoms with van der Waals surface area (Å²) >= 11 is 0. The van der Waals surface area contributed by atoms with Crippen molar-refractivity contribution in [3.8, 4) is 11.1 Å². The Labute approximate surface area is 408 Å². The van der Waals surface area contributed by atoms with E-state index in [1.54, 1.807) is 29.2 Å². The van der Waals surface area contributed by atoms with Crippen LogP contribution in [0.25, 0.3) is 21.9 Å².